The largest absolute Gasteiger partial charge is 0.493 e. The van der Waals surface area contributed by atoms with Crippen LogP contribution in [0.15, 0.2) is 22.7 Å². The Labute approximate surface area is 148 Å². The molecule has 2 aromatic rings. The summed E-state index contributed by atoms with van der Waals surface area (Å²) in [5.74, 6) is 4.23. The van der Waals surface area contributed by atoms with Crippen molar-refractivity contribution < 1.29 is 14.0 Å². The fraction of sp³-hybridized carbons (Fsp3) is 0.579. The van der Waals surface area contributed by atoms with Crippen LogP contribution in [0.2, 0.25) is 0 Å². The van der Waals surface area contributed by atoms with Crippen molar-refractivity contribution in [2.75, 3.05) is 32.2 Å². The minimum Gasteiger partial charge on any atom is -0.493 e. The van der Waals surface area contributed by atoms with Crippen LogP contribution in [0, 0.1) is 5.92 Å². The minimum atomic E-state index is 0.492. The van der Waals surface area contributed by atoms with Gasteiger partial charge in [-0.1, -0.05) is 12.5 Å². The van der Waals surface area contributed by atoms with Crippen LogP contribution in [-0.4, -0.2) is 37.4 Å². The Balaban J connectivity index is 1.38. The number of rotatable bonds is 6. The Morgan fingerprint density at radius 3 is 2.72 bits per heavy atom. The lowest BCUT2D eigenvalue weighted by Crippen LogP contribution is -2.21. The van der Waals surface area contributed by atoms with Crippen LogP contribution >= 0.6 is 0 Å². The van der Waals surface area contributed by atoms with E-state index in [1.165, 1.54) is 24.8 Å². The molecule has 0 amide bonds. The summed E-state index contributed by atoms with van der Waals surface area (Å²) in [5.41, 5.74) is 1.27. The first kappa shape index (κ1) is 16.2. The molecule has 1 aliphatic carbocycles. The van der Waals surface area contributed by atoms with Crippen LogP contribution < -0.4 is 14.4 Å². The minimum absolute atomic E-state index is 0.492. The quantitative estimate of drug-likeness (QED) is 0.801. The Morgan fingerprint density at radius 2 is 2.00 bits per heavy atom. The predicted molar refractivity (Wildman–Crippen MR) is 94.5 cm³/mol. The lowest BCUT2D eigenvalue weighted by molar-refractivity contribution is 0.292. The molecule has 0 bridgehead atoms. The van der Waals surface area contributed by atoms with E-state index in [0.717, 1.165) is 49.3 Å². The van der Waals surface area contributed by atoms with Gasteiger partial charge in [-0.25, -0.2) is 0 Å². The summed E-state index contributed by atoms with van der Waals surface area (Å²) in [4.78, 5) is 6.86. The Bertz CT molecular complexity index is 726. The van der Waals surface area contributed by atoms with Gasteiger partial charge in [0.15, 0.2) is 11.5 Å². The number of ether oxygens (including phenoxy) is 2. The highest BCUT2D eigenvalue weighted by molar-refractivity contribution is 5.43. The number of anilines is 1. The van der Waals surface area contributed by atoms with Crippen LogP contribution in [0.5, 0.6) is 11.5 Å². The monoisotopic (exact) mass is 343 g/mol. The summed E-state index contributed by atoms with van der Waals surface area (Å²) in [6, 6.07) is 6.17. The van der Waals surface area contributed by atoms with E-state index >= 15 is 0 Å². The maximum atomic E-state index is 5.46. The van der Waals surface area contributed by atoms with Gasteiger partial charge in [0.05, 0.1) is 14.2 Å². The van der Waals surface area contributed by atoms with Crippen molar-refractivity contribution in [3.05, 3.63) is 29.7 Å². The SMILES string of the molecule is COc1ccc(CC2CCN(c3noc(C4CCC4)n3)C2)cc1OC. The van der Waals surface area contributed by atoms with Crippen LogP contribution in [0.4, 0.5) is 5.95 Å². The number of methoxy groups -OCH3 is 2. The number of hydrogen-bond acceptors (Lipinski definition) is 6. The van der Waals surface area contributed by atoms with Crippen molar-refractivity contribution in [1.82, 2.24) is 10.1 Å². The summed E-state index contributed by atoms with van der Waals surface area (Å²) in [6.07, 6.45) is 5.80. The highest BCUT2D eigenvalue weighted by atomic mass is 16.5. The third-order valence-corrected chi connectivity index (χ3v) is 5.43. The highest BCUT2D eigenvalue weighted by Crippen LogP contribution is 2.36. The molecule has 2 heterocycles. The van der Waals surface area contributed by atoms with Crippen LogP contribution in [-0.2, 0) is 6.42 Å². The molecule has 6 heteroatoms. The molecule has 25 heavy (non-hydrogen) atoms. The van der Waals surface area contributed by atoms with Crippen LogP contribution in [0.25, 0.3) is 0 Å². The summed E-state index contributed by atoms with van der Waals surface area (Å²) in [6.45, 7) is 1.96. The van der Waals surface area contributed by atoms with Gasteiger partial charge < -0.3 is 18.9 Å². The van der Waals surface area contributed by atoms with E-state index in [9.17, 15) is 0 Å². The zero-order valence-electron chi connectivity index (χ0n) is 14.9. The van der Waals surface area contributed by atoms with Gasteiger partial charge in [-0.15, -0.1) is 0 Å². The molecule has 1 saturated carbocycles. The van der Waals surface area contributed by atoms with Crippen LogP contribution in [0.1, 0.15) is 43.1 Å². The van der Waals surface area contributed by atoms with Crippen LogP contribution in [0.3, 0.4) is 0 Å². The van der Waals surface area contributed by atoms with E-state index < -0.39 is 0 Å². The number of benzene rings is 1. The van der Waals surface area contributed by atoms with Crippen molar-refractivity contribution in [3.8, 4) is 11.5 Å². The second kappa shape index (κ2) is 6.94. The van der Waals surface area contributed by atoms with E-state index in [2.05, 4.69) is 27.2 Å². The summed E-state index contributed by atoms with van der Waals surface area (Å²) in [5, 5.41) is 4.20. The van der Waals surface area contributed by atoms with E-state index in [4.69, 9.17) is 14.0 Å². The standard InChI is InChI=1S/C19H25N3O3/c1-23-16-7-6-13(11-17(16)24-2)10-14-8-9-22(12-14)19-20-18(25-21-19)15-4-3-5-15/h6-7,11,14-15H,3-5,8-10,12H2,1-2H3. The van der Waals surface area contributed by atoms with Crippen molar-refractivity contribution in [2.24, 2.45) is 5.92 Å². The first-order valence-corrected chi connectivity index (χ1v) is 9.06. The first-order valence-electron chi connectivity index (χ1n) is 9.06. The molecule has 1 aromatic carbocycles. The fourth-order valence-electron chi connectivity index (χ4n) is 3.70. The average Bonchev–Trinajstić information content (AvgIpc) is 3.23. The van der Waals surface area contributed by atoms with Gasteiger partial charge in [0.25, 0.3) is 5.95 Å². The third kappa shape index (κ3) is 3.30. The molecule has 1 aromatic heterocycles. The van der Waals surface area contributed by atoms with Gasteiger partial charge in [-0.3, -0.25) is 0 Å². The molecule has 1 aliphatic heterocycles. The molecule has 2 aliphatic rings. The fourth-order valence-corrected chi connectivity index (χ4v) is 3.70. The second-order valence-electron chi connectivity index (χ2n) is 7.05. The highest BCUT2D eigenvalue weighted by Gasteiger charge is 2.29. The zero-order valence-corrected chi connectivity index (χ0v) is 14.9. The molecule has 2 fully saturated rings. The van der Waals surface area contributed by atoms with E-state index in [0.29, 0.717) is 11.8 Å². The maximum absolute atomic E-state index is 5.46. The van der Waals surface area contributed by atoms with Gasteiger partial charge in [-0.05, 0) is 54.5 Å². The Kier molecular flexibility index (Phi) is 4.51. The van der Waals surface area contributed by atoms with Crippen molar-refractivity contribution in [2.45, 2.75) is 38.0 Å². The molecule has 1 saturated heterocycles. The molecular formula is C19H25N3O3. The van der Waals surface area contributed by atoms with Gasteiger partial charge in [0.1, 0.15) is 0 Å². The predicted octanol–water partition coefficient (Wildman–Crippen LogP) is 3.42. The van der Waals surface area contributed by atoms with E-state index in [1.54, 1.807) is 14.2 Å². The first-order chi connectivity index (χ1) is 12.3. The van der Waals surface area contributed by atoms with Gasteiger partial charge in [-0.2, -0.15) is 4.98 Å². The average molecular weight is 343 g/mol. The smallest absolute Gasteiger partial charge is 0.266 e. The van der Waals surface area contributed by atoms with Crippen molar-refractivity contribution in [3.63, 3.8) is 0 Å². The third-order valence-electron chi connectivity index (χ3n) is 5.43. The zero-order chi connectivity index (χ0) is 17.2. The molecule has 6 nitrogen and oxygen atoms in total. The van der Waals surface area contributed by atoms with E-state index in [1.807, 2.05) is 6.07 Å². The van der Waals surface area contributed by atoms with E-state index in [-0.39, 0.29) is 0 Å². The van der Waals surface area contributed by atoms with Crippen molar-refractivity contribution >= 4 is 5.95 Å². The summed E-state index contributed by atoms with van der Waals surface area (Å²) in [7, 11) is 3.34. The normalized spacial score (nSPS) is 20.6. The molecule has 1 atom stereocenters. The second-order valence-corrected chi connectivity index (χ2v) is 7.05. The van der Waals surface area contributed by atoms with Gasteiger partial charge in [0.2, 0.25) is 5.89 Å². The number of nitrogens with zero attached hydrogens (tertiary/aromatic N) is 3. The van der Waals surface area contributed by atoms with Gasteiger partial charge >= 0.3 is 0 Å². The Morgan fingerprint density at radius 1 is 1.16 bits per heavy atom. The molecule has 1 unspecified atom stereocenters. The van der Waals surface area contributed by atoms with Crippen molar-refractivity contribution in [1.29, 1.82) is 0 Å². The molecule has 0 N–H and O–H groups in total. The topological polar surface area (TPSA) is 60.6 Å². The number of aromatic nitrogens is 2. The molecule has 0 spiro atoms. The summed E-state index contributed by atoms with van der Waals surface area (Å²) >= 11 is 0. The maximum Gasteiger partial charge on any atom is 0.266 e. The molecule has 0 radical (unpaired) electrons. The lowest BCUT2D eigenvalue weighted by atomic mass is 9.85. The molecule has 4 rings (SSSR count). The number of hydrogen-bond donors (Lipinski definition) is 0. The Hall–Kier alpha value is -2.24. The lowest BCUT2D eigenvalue weighted by Gasteiger charge is -2.20. The molecule has 134 valence electrons. The molecular weight excluding hydrogens is 318 g/mol. The van der Waals surface area contributed by atoms with Gasteiger partial charge in [0, 0.05) is 19.0 Å². The summed E-state index contributed by atoms with van der Waals surface area (Å²) < 4.78 is 16.2.